The van der Waals surface area contributed by atoms with Crippen molar-refractivity contribution < 1.29 is 76.5 Å². The van der Waals surface area contributed by atoms with Crippen molar-refractivity contribution in [2.24, 2.45) is 0 Å². The van der Waals surface area contributed by atoms with E-state index in [4.69, 9.17) is 42.6 Å². The summed E-state index contributed by atoms with van der Waals surface area (Å²) in [6, 6.07) is 0. The highest BCUT2D eigenvalue weighted by atomic mass is 16.8. The number of aliphatic hydroxyl groups is 1. The topological polar surface area (TPSA) is 206 Å². The Morgan fingerprint density at radius 2 is 1.00 bits per heavy atom. The summed E-state index contributed by atoms with van der Waals surface area (Å²) in [6.45, 7) is 7.45. The Bertz CT molecular complexity index is 965. The van der Waals surface area contributed by atoms with Crippen LogP contribution in [-0.4, -0.2) is 109 Å². The van der Waals surface area contributed by atoms with Gasteiger partial charge in [-0.1, -0.05) is 0 Å². The number of ether oxygens (including phenoxy) is 9. The smallest absolute Gasteiger partial charge is 0.303 e. The van der Waals surface area contributed by atoms with E-state index in [0.29, 0.717) is 0 Å². The van der Waals surface area contributed by atoms with Crippen LogP contribution in [0.4, 0.5) is 0 Å². The van der Waals surface area contributed by atoms with Gasteiger partial charge in [0, 0.05) is 41.5 Å². The van der Waals surface area contributed by atoms with Crippen molar-refractivity contribution >= 4 is 35.8 Å². The molecule has 0 radical (unpaired) electrons. The van der Waals surface area contributed by atoms with E-state index in [1.54, 1.807) is 0 Å². The quantitative estimate of drug-likeness (QED) is 0.259. The Labute approximate surface area is 229 Å². The average Bonchev–Trinajstić information content (AvgIpc) is 2.80. The highest BCUT2D eigenvalue weighted by molar-refractivity contribution is 5.69. The third-order valence-corrected chi connectivity index (χ3v) is 5.59. The zero-order chi connectivity index (χ0) is 30.3. The van der Waals surface area contributed by atoms with Crippen molar-refractivity contribution in [1.29, 1.82) is 0 Å². The summed E-state index contributed by atoms with van der Waals surface area (Å²) in [6.07, 6.45) is -14.7. The highest BCUT2D eigenvalue weighted by Crippen LogP contribution is 2.34. The summed E-state index contributed by atoms with van der Waals surface area (Å²) in [7, 11) is 0. The highest BCUT2D eigenvalue weighted by Gasteiger charge is 2.56. The van der Waals surface area contributed by atoms with Crippen LogP contribution in [0.25, 0.3) is 0 Å². The third kappa shape index (κ3) is 9.11. The molecule has 0 aromatic heterocycles. The maximum absolute atomic E-state index is 12.0. The lowest BCUT2D eigenvalue weighted by atomic mass is 9.96. The first-order valence-corrected chi connectivity index (χ1v) is 12.2. The fourth-order valence-electron chi connectivity index (χ4n) is 4.27. The van der Waals surface area contributed by atoms with Crippen molar-refractivity contribution in [1.82, 2.24) is 0 Å². The molecule has 2 rings (SSSR count). The molecule has 0 saturated carbocycles. The normalized spacial score (nSPS) is 33.6. The second-order valence-corrected chi connectivity index (χ2v) is 9.05. The van der Waals surface area contributed by atoms with Crippen LogP contribution in [0, 0.1) is 0 Å². The number of hydrogen-bond donors (Lipinski definition) is 1. The van der Waals surface area contributed by atoms with Gasteiger partial charge in [0.2, 0.25) is 0 Å². The van der Waals surface area contributed by atoms with Gasteiger partial charge in [-0.3, -0.25) is 28.8 Å². The van der Waals surface area contributed by atoms with Crippen LogP contribution < -0.4 is 0 Å². The molecule has 0 spiro atoms. The molecule has 2 aliphatic rings. The predicted octanol–water partition coefficient (Wildman–Crippen LogP) is -0.945. The van der Waals surface area contributed by atoms with Crippen molar-refractivity contribution in [3.05, 3.63) is 0 Å². The summed E-state index contributed by atoms with van der Waals surface area (Å²) in [5.74, 6) is -4.80. The van der Waals surface area contributed by atoms with Gasteiger partial charge < -0.3 is 47.7 Å². The number of carbonyl (C=O) groups is 6. The van der Waals surface area contributed by atoms with Gasteiger partial charge in [-0.25, -0.2) is 0 Å². The fraction of sp³-hybridized carbons (Fsp3) is 0.750. The molecule has 0 bridgehead atoms. The lowest BCUT2D eigenvalue weighted by molar-refractivity contribution is -0.360. The van der Waals surface area contributed by atoms with Crippen LogP contribution in [0.5, 0.6) is 0 Å². The zero-order valence-electron chi connectivity index (χ0n) is 23.1. The second-order valence-electron chi connectivity index (χ2n) is 9.05. The predicted molar refractivity (Wildman–Crippen MR) is 124 cm³/mol. The molecule has 16 nitrogen and oxygen atoms in total. The minimum atomic E-state index is -1.90. The minimum Gasteiger partial charge on any atom is -0.463 e. The van der Waals surface area contributed by atoms with Crippen molar-refractivity contribution in [2.75, 3.05) is 6.61 Å². The molecule has 226 valence electrons. The van der Waals surface area contributed by atoms with Crippen LogP contribution in [-0.2, 0) is 71.4 Å². The Morgan fingerprint density at radius 3 is 1.48 bits per heavy atom. The number of aliphatic hydroxyl groups excluding tert-OH is 1. The van der Waals surface area contributed by atoms with Crippen molar-refractivity contribution in [2.45, 2.75) is 110 Å². The maximum Gasteiger partial charge on any atom is 0.303 e. The Kier molecular flexibility index (Phi) is 11.8. The number of rotatable bonds is 9. The number of hydrogen-bond acceptors (Lipinski definition) is 16. The molecule has 2 saturated heterocycles. The van der Waals surface area contributed by atoms with Crippen LogP contribution in [0.1, 0.15) is 48.5 Å². The van der Waals surface area contributed by atoms with Crippen molar-refractivity contribution in [3.8, 4) is 0 Å². The molecule has 16 heteroatoms. The molecule has 0 aromatic carbocycles. The molecule has 0 aliphatic carbocycles. The SMILES string of the molecule is CC(=O)OC[C@H]1O[C@H](O)[C@H](O[C@@H]2O[C@@H](C)[C@@H](OC(C)=O)[C@@H](OC(C)=O)[C@@H]2OC(C)=O)[C@@H](OC(C)=O)[C@H]1OC(C)=O. The summed E-state index contributed by atoms with van der Waals surface area (Å²) < 4.78 is 48.6. The number of carbonyl (C=O) groups excluding carboxylic acids is 6. The first-order valence-electron chi connectivity index (χ1n) is 12.2. The molecular formula is C24H34O16. The Balaban J connectivity index is 2.49. The van der Waals surface area contributed by atoms with Gasteiger partial charge in [0.15, 0.2) is 49.2 Å². The molecular weight excluding hydrogens is 544 g/mol. The summed E-state index contributed by atoms with van der Waals surface area (Å²) in [5, 5.41) is 10.8. The maximum atomic E-state index is 12.0. The van der Waals surface area contributed by atoms with Crippen LogP contribution in [0.15, 0.2) is 0 Å². The van der Waals surface area contributed by atoms with E-state index in [1.807, 2.05) is 0 Å². The molecule has 2 heterocycles. The van der Waals surface area contributed by atoms with Gasteiger partial charge in [-0.15, -0.1) is 0 Å². The molecule has 2 aliphatic heterocycles. The lowest BCUT2D eigenvalue weighted by Crippen LogP contribution is -2.66. The molecule has 40 heavy (non-hydrogen) atoms. The van der Waals surface area contributed by atoms with Gasteiger partial charge in [0.25, 0.3) is 0 Å². The van der Waals surface area contributed by atoms with E-state index in [-0.39, 0.29) is 0 Å². The van der Waals surface area contributed by atoms with Crippen LogP contribution in [0.2, 0.25) is 0 Å². The van der Waals surface area contributed by atoms with Gasteiger partial charge >= 0.3 is 35.8 Å². The summed E-state index contributed by atoms with van der Waals surface area (Å²) in [4.78, 5) is 70.9. The monoisotopic (exact) mass is 578 g/mol. The molecule has 10 atom stereocenters. The number of esters is 6. The van der Waals surface area contributed by atoms with Crippen LogP contribution >= 0.6 is 0 Å². The van der Waals surface area contributed by atoms with E-state index in [9.17, 15) is 33.9 Å². The standard InChI is InChI=1S/C24H34O16/c1-9-17(34-11(3)26)19(36-13(5)28)22(38-15(7)30)24(33-9)40-21-20(37-14(6)29)18(35-12(4)27)16(39-23(21)31)8-32-10(2)25/h9,16-24,31H,8H2,1-7H3/t9-,16+,17+,18-,19+,20-,21+,22-,23-,24-/m0/s1. The largest absolute Gasteiger partial charge is 0.463 e. The van der Waals surface area contributed by atoms with E-state index >= 15 is 0 Å². The van der Waals surface area contributed by atoms with E-state index in [0.717, 1.165) is 41.5 Å². The zero-order valence-corrected chi connectivity index (χ0v) is 23.1. The van der Waals surface area contributed by atoms with Gasteiger partial charge in [-0.05, 0) is 6.92 Å². The van der Waals surface area contributed by atoms with E-state index < -0.39 is 104 Å². The Hall–Kier alpha value is -3.34. The molecule has 0 amide bonds. The first kappa shape index (κ1) is 32.9. The second kappa shape index (κ2) is 14.3. The van der Waals surface area contributed by atoms with Gasteiger partial charge in [0.1, 0.15) is 12.7 Å². The molecule has 1 N–H and O–H groups in total. The molecule has 0 unspecified atom stereocenters. The Morgan fingerprint density at radius 1 is 0.575 bits per heavy atom. The summed E-state index contributed by atoms with van der Waals surface area (Å²) in [5.41, 5.74) is 0. The fourth-order valence-corrected chi connectivity index (χ4v) is 4.27. The first-order chi connectivity index (χ1) is 18.6. The van der Waals surface area contributed by atoms with Gasteiger partial charge in [0.05, 0.1) is 6.10 Å². The van der Waals surface area contributed by atoms with E-state index in [2.05, 4.69) is 0 Å². The lowest BCUT2D eigenvalue weighted by Gasteiger charge is -2.47. The molecule has 2 fully saturated rings. The van der Waals surface area contributed by atoms with Crippen molar-refractivity contribution in [3.63, 3.8) is 0 Å². The van der Waals surface area contributed by atoms with Crippen LogP contribution in [0.3, 0.4) is 0 Å². The average molecular weight is 579 g/mol. The minimum absolute atomic E-state index is 0.486. The third-order valence-electron chi connectivity index (χ3n) is 5.59. The molecule has 0 aromatic rings. The van der Waals surface area contributed by atoms with Gasteiger partial charge in [-0.2, -0.15) is 0 Å². The summed E-state index contributed by atoms with van der Waals surface area (Å²) >= 11 is 0. The van der Waals surface area contributed by atoms with E-state index in [1.165, 1.54) is 6.92 Å².